The third-order valence-corrected chi connectivity index (χ3v) is 7.00. The number of anilines is 1. The van der Waals surface area contributed by atoms with Gasteiger partial charge in [-0.05, 0) is 30.7 Å². The van der Waals surface area contributed by atoms with E-state index in [1.165, 1.54) is 17.0 Å². The summed E-state index contributed by atoms with van der Waals surface area (Å²) in [6.07, 6.45) is 6.50. The van der Waals surface area contributed by atoms with Crippen LogP contribution < -0.4 is 9.64 Å². The molecule has 1 aliphatic heterocycles. The predicted octanol–water partition coefficient (Wildman–Crippen LogP) is 1.75. The Hall–Kier alpha value is -3.05. The minimum Gasteiger partial charge on any atom is -0.494 e. The fourth-order valence-corrected chi connectivity index (χ4v) is 4.73. The van der Waals surface area contributed by atoms with Crippen LogP contribution in [0.2, 0.25) is 0 Å². The largest absolute Gasteiger partial charge is 0.494 e. The molecule has 0 N–H and O–H groups in total. The highest BCUT2D eigenvalue weighted by Crippen LogP contribution is 2.22. The van der Waals surface area contributed by atoms with Gasteiger partial charge in [0.2, 0.25) is 10.0 Å². The number of nitrogens with zero attached hydrogens (tertiary/aromatic N) is 7. The van der Waals surface area contributed by atoms with E-state index in [0.29, 0.717) is 44.4 Å². The van der Waals surface area contributed by atoms with Gasteiger partial charge in [-0.15, -0.1) is 0 Å². The SMILES string of the molecule is CCCCOc1ccc(S(=O)(=O)N2CCN(c3cc(-n4cncn4)ncn3)CC2)cc1. The van der Waals surface area contributed by atoms with Crippen molar-refractivity contribution in [3.05, 3.63) is 49.3 Å². The van der Waals surface area contributed by atoms with E-state index < -0.39 is 10.0 Å². The Morgan fingerprint density at radius 1 is 1.00 bits per heavy atom. The quantitative estimate of drug-likeness (QED) is 0.485. The summed E-state index contributed by atoms with van der Waals surface area (Å²) in [4.78, 5) is 14.8. The number of piperazine rings is 1. The van der Waals surface area contributed by atoms with Gasteiger partial charge in [0.1, 0.15) is 30.5 Å². The normalized spacial score (nSPS) is 15.2. The third kappa shape index (κ3) is 4.83. The summed E-state index contributed by atoms with van der Waals surface area (Å²) in [6, 6.07) is 8.46. The van der Waals surface area contributed by atoms with Crippen LogP contribution in [-0.4, -0.2) is 70.2 Å². The number of rotatable bonds is 8. The molecule has 0 radical (unpaired) electrons. The Balaban J connectivity index is 1.39. The minimum absolute atomic E-state index is 0.277. The van der Waals surface area contributed by atoms with Gasteiger partial charge >= 0.3 is 0 Å². The van der Waals surface area contributed by atoms with Crippen LogP contribution in [0.25, 0.3) is 5.82 Å². The molecule has 0 saturated carbocycles. The van der Waals surface area contributed by atoms with Crippen LogP contribution in [0.3, 0.4) is 0 Å². The lowest BCUT2D eigenvalue weighted by Crippen LogP contribution is -2.48. The zero-order chi connectivity index (χ0) is 21.7. The van der Waals surface area contributed by atoms with Gasteiger partial charge in [-0.25, -0.2) is 28.1 Å². The van der Waals surface area contributed by atoms with Gasteiger partial charge < -0.3 is 9.64 Å². The fraction of sp³-hybridized carbons (Fsp3) is 0.400. The van der Waals surface area contributed by atoms with Gasteiger partial charge in [0.25, 0.3) is 0 Å². The summed E-state index contributed by atoms with van der Waals surface area (Å²) in [5.41, 5.74) is 0. The van der Waals surface area contributed by atoms with E-state index in [9.17, 15) is 8.42 Å². The molecule has 3 heterocycles. The summed E-state index contributed by atoms with van der Waals surface area (Å²) in [5.74, 6) is 2.02. The average Bonchev–Trinajstić information content (AvgIpc) is 3.35. The molecule has 0 spiro atoms. The highest BCUT2D eigenvalue weighted by Gasteiger charge is 2.29. The lowest BCUT2D eigenvalue weighted by atomic mass is 10.3. The molecule has 31 heavy (non-hydrogen) atoms. The van der Waals surface area contributed by atoms with Crippen molar-refractivity contribution >= 4 is 15.8 Å². The van der Waals surface area contributed by atoms with Gasteiger partial charge in [0, 0.05) is 32.2 Å². The molecule has 0 unspecified atom stereocenters. The van der Waals surface area contributed by atoms with Gasteiger partial charge in [0.15, 0.2) is 5.82 Å². The predicted molar refractivity (Wildman–Crippen MR) is 115 cm³/mol. The van der Waals surface area contributed by atoms with E-state index in [0.717, 1.165) is 18.7 Å². The molecule has 10 nitrogen and oxygen atoms in total. The first-order chi connectivity index (χ1) is 15.1. The second-order valence-corrected chi connectivity index (χ2v) is 9.08. The molecule has 1 fully saturated rings. The molecule has 2 aromatic heterocycles. The smallest absolute Gasteiger partial charge is 0.243 e. The lowest BCUT2D eigenvalue weighted by Gasteiger charge is -2.34. The number of ether oxygens (including phenoxy) is 1. The Morgan fingerprint density at radius 3 is 2.42 bits per heavy atom. The first-order valence-electron chi connectivity index (χ1n) is 10.2. The van der Waals surface area contributed by atoms with E-state index in [4.69, 9.17) is 4.74 Å². The van der Waals surface area contributed by atoms with E-state index in [1.54, 1.807) is 35.3 Å². The van der Waals surface area contributed by atoms with Crippen molar-refractivity contribution in [2.75, 3.05) is 37.7 Å². The van der Waals surface area contributed by atoms with Crippen LogP contribution in [0.4, 0.5) is 5.82 Å². The monoisotopic (exact) mass is 443 g/mol. The van der Waals surface area contributed by atoms with Gasteiger partial charge in [0.05, 0.1) is 11.5 Å². The van der Waals surface area contributed by atoms with Crippen LogP contribution in [0.5, 0.6) is 5.75 Å². The maximum atomic E-state index is 13.0. The van der Waals surface area contributed by atoms with E-state index in [2.05, 4.69) is 27.0 Å². The van der Waals surface area contributed by atoms with Crippen molar-refractivity contribution in [3.63, 3.8) is 0 Å². The molecule has 1 saturated heterocycles. The summed E-state index contributed by atoms with van der Waals surface area (Å²) in [6.45, 7) is 4.54. The highest BCUT2D eigenvalue weighted by atomic mass is 32.2. The Morgan fingerprint density at radius 2 is 1.74 bits per heavy atom. The van der Waals surface area contributed by atoms with Crippen molar-refractivity contribution in [2.45, 2.75) is 24.7 Å². The van der Waals surface area contributed by atoms with Crippen molar-refractivity contribution in [1.82, 2.24) is 29.0 Å². The number of benzene rings is 1. The molecule has 0 atom stereocenters. The Labute approximate surface area is 181 Å². The topological polar surface area (TPSA) is 106 Å². The summed E-state index contributed by atoms with van der Waals surface area (Å²) < 4.78 is 34.8. The first-order valence-corrected chi connectivity index (χ1v) is 11.7. The summed E-state index contributed by atoms with van der Waals surface area (Å²) in [7, 11) is -3.56. The van der Waals surface area contributed by atoms with Crippen molar-refractivity contribution in [2.24, 2.45) is 0 Å². The molecule has 3 aromatic rings. The molecular weight excluding hydrogens is 418 g/mol. The minimum atomic E-state index is -3.56. The highest BCUT2D eigenvalue weighted by molar-refractivity contribution is 7.89. The van der Waals surface area contributed by atoms with Crippen LogP contribution in [0, 0.1) is 0 Å². The van der Waals surface area contributed by atoms with Gasteiger partial charge in [-0.2, -0.15) is 9.40 Å². The Kier molecular flexibility index (Phi) is 6.42. The summed E-state index contributed by atoms with van der Waals surface area (Å²) >= 11 is 0. The van der Waals surface area contributed by atoms with Crippen LogP contribution >= 0.6 is 0 Å². The average molecular weight is 444 g/mol. The molecule has 0 aliphatic carbocycles. The number of sulfonamides is 1. The fourth-order valence-electron chi connectivity index (χ4n) is 3.31. The van der Waals surface area contributed by atoms with Gasteiger partial charge in [-0.1, -0.05) is 13.3 Å². The zero-order valence-corrected chi connectivity index (χ0v) is 18.1. The van der Waals surface area contributed by atoms with Crippen LogP contribution in [0.15, 0.2) is 54.2 Å². The van der Waals surface area contributed by atoms with Crippen molar-refractivity contribution in [1.29, 1.82) is 0 Å². The first kappa shape index (κ1) is 21.2. The lowest BCUT2D eigenvalue weighted by molar-refractivity contribution is 0.309. The molecule has 164 valence electrons. The number of unbranched alkanes of at least 4 members (excludes halogenated alkanes) is 1. The van der Waals surface area contributed by atoms with E-state index in [1.807, 2.05) is 11.0 Å². The van der Waals surface area contributed by atoms with Crippen LogP contribution in [0.1, 0.15) is 19.8 Å². The molecule has 0 bridgehead atoms. The maximum Gasteiger partial charge on any atom is 0.243 e. The van der Waals surface area contributed by atoms with Crippen molar-refractivity contribution in [3.8, 4) is 11.6 Å². The molecular formula is C20H25N7O3S. The molecule has 0 amide bonds. The number of hydrogen-bond acceptors (Lipinski definition) is 8. The van der Waals surface area contributed by atoms with E-state index in [-0.39, 0.29) is 4.90 Å². The molecule has 1 aliphatic rings. The second kappa shape index (κ2) is 9.40. The van der Waals surface area contributed by atoms with E-state index >= 15 is 0 Å². The standard InChI is InChI=1S/C20H25N7O3S/c1-2-3-12-30-17-4-6-18(7-5-17)31(28,29)26-10-8-25(9-11-26)19-13-20(23-15-22-19)27-16-21-14-24-27/h4-7,13-16H,2-3,8-12H2,1H3. The maximum absolute atomic E-state index is 13.0. The van der Waals surface area contributed by atoms with Gasteiger partial charge in [-0.3, -0.25) is 0 Å². The second-order valence-electron chi connectivity index (χ2n) is 7.14. The molecule has 4 rings (SSSR count). The molecule has 11 heteroatoms. The van der Waals surface area contributed by atoms with Crippen LogP contribution in [-0.2, 0) is 10.0 Å². The summed E-state index contributed by atoms with van der Waals surface area (Å²) in [5, 5.41) is 4.08. The third-order valence-electron chi connectivity index (χ3n) is 5.08. The zero-order valence-electron chi connectivity index (χ0n) is 17.3. The Bertz CT molecular complexity index is 1080. The number of hydrogen-bond donors (Lipinski definition) is 0. The molecule has 1 aromatic carbocycles. The number of aromatic nitrogens is 5. The van der Waals surface area contributed by atoms with Crippen molar-refractivity contribution < 1.29 is 13.2 Å².